The number of furan rings is 1. The van der Waals surface area contributed by atoms with Gasteiger partial charge in [-0.2, -0.15) is 5.26 Å². The lowest BCUT2D eigenvalue weighted by atomic mass is 9.95. The lowest BCUT2D eigenvalue weighted by Crippen LogP contribution is -2.39. The van der Waals surface area contributed by atoms with Crippen molar-refractivity contribution in [3.05, 3.63) is 69.0 Å². The highest BCUT2D eigenvalue weighted by molar-refractivity contribution is 6.19. The van der Waals surface area contributed by atoms with Gasteiger partial charge in [-0.15, -0.1) is 0 Å². The normalized spacial score (nSPS) is 16.0. The molecule has 1 aromatic heterocycles. The SMILES string of the molecule is CC1=C(C#N)C(=O)N(C)C(=O)/C1=C/c1ccc(-c2ccccc2[N+](=O)[O-])o1. The molecule has 134 valence electrons. The van der Waals surface area contributed by atoms with Crippen molar-refractivity contribution in [2.75, 3.05) is 7.05 Å². The number of likely N-dealkylation sites (N-methyl/N-ethyl adjacent to an activating group) is 1. The molecule has 3 rings (SSSR count). The first-order chi connectivity index (χ1) is 12.8. The zero-order valence-electron chi connectivity index (χ0n) is 14.4. The number of carbonyl (C=O) groups is 2. The maximum Gasteiger partial charge on any atom is 0.280 e. The molecular formula is C19H13N3O5. The van der Waals surface area contributed by atoms with Crippen LogP contribution < -0.4 is 0 Å². The predicted octanol–water partition coefficient (Wildman–Crippen LogP) is 3.08. The molecule has 0 radical (unpaired) electrons. The number of hydrogen-bond acceptors (Lipinski definition) is 6. The summed E-state index contributed by atoms with van der Waals surface area (Å²) in [5.41, 5.74) is 0.493. The predicted molar refractivity (Wildman–Crippen MR) is 94.9 cm³/mol. The van der Waals surface area contributed by atoms with Crippen LogP contribution in [0.25, 0.3) is 17.4 Å². The number of hydrogen-bond donors (Lipinski definition) is 0. The topological polar surface area (TPSA) is 117 Å². The Labute approximate surface area is 153 Å². The van der Waals surface area contributed by atoms with Crippen molar-refractivity contribution < 1.29 is 18.9 Å². The molecule has 27 heavy (non-hydrogen) atoms. The molecule has 2 heterocycles. The van der Waals surface area contributed by atoms with E-state index in [0.717, 1.165) is 4.90 Å². The first kappa shape index (κ1) is 17.8. The quantitative estimate of drug-likeness (QED) is 0.358. The fourth-order valence-electron chi connectivity index (χ4n) is 2.76. The maximum absolute atomic E-state index is 12.4. The van der Waals surface area contributed by atoms with Crippen LogP contribution >= 0.6 is 0 Å². The van der Waals surface area contributed by atoms with E-state index < -0.39 is 16.7 Å². The molecule has 1 aromatic carbocycles. The van der Waals surface area contributed by atoms with Crippen molar-refractivity contribution in [1.82, 2.24) is 4.90 Å². The van der Waals surface area contributed by atoms with E-state index in [-0.39, 0.29) is 33.9 Å². The van der Waals surface area contributed by atoms with Gasteiger partial charge in [0, 0.05) is 18.7 Å². The molecule has 0 N–H and O–H groups in total. The number of imide groups is 1. The van der Waals surface area contributed by atoms with Crippen LogP contribution in [0.4, 0.5) is 5.69 Å². The Balaban J connectivity index is 2.07. The van der Waals surface area contributed by atoms with Crippen LogP contribution in [0.3, 0.4) is 0 Å². The molecule has 0 saturated carbocycles. The fraction of sp³-hybridized carbons (Fsp3) is 0.105. The number of nitrogens with zero attached hydrogens (tertiary/aromatic N) is 3. The lowest BCUT2D eigenvalue weighted by Gasteiger charge is -2.23. The van der Waals surface area contributed by atoms with E-state index in [4.69, 9.17) is 4.42 Å². The highest BCUT2D eigenvalue weighted by Gasteiger charge is 2.33. The molecule has 0 aliphatic carbocycles. The van der Waals surface area contributed by atoms with Crippen LogP contribution in [0.1, 0.15) is 12.7 Å². The van der Waals surface area contributed by atoms with Gasteiger partial charge in [0.05, 0.1) is 10.5 Å². The smallest absolute Gasteiger partial charge is 0.280 e. The Hall–Kier alpha value is -3.99. The fourth-order valence-corrected chi connectivity index (χ4v) is 2.76. The number of carbonyl (C=O) groups excluding carboxylic acids is 2. The van der Waals surface area contributed by atoms with Gasteiger partial charge in [0.25, 0.3) is 17.5 Å². The number of nitriles is 1. The van der Waals surface area contributed by atoms with Gasteiger partial charge < -0.3 is 4.42 Å². The molecule has 2 aromatic rings. The van der Waals surface area contributed by atoms with Gasteiger partial charge in [-0.05, 0) is 36.8 Å². The molecule has 8 nitrogen and oxygen atoms in total. The Bertz CT molecular complexity index is 1080. The van der Waals surface area contributed by atoms with E-state index in [9.17, 15) is 25.0 Å². The second kappa shape index (κ2) is 6.72. The first-order valence-corrected chi connectivity index (χ1v) is 7.84. The number of nitro benzene ring substituents is 1. The average Bonchev–Trinajstić information content (AvgIpc) is 3.12. The molecule has 0 unspecified atom stereocenters. The minimum atomic E-state index is -0.655. The van der Waals surface area contributed by atoms with Crippen molar-refractivity contribution in [1.29, 1.82) is 5.26 Å². The summed E-state index contributed by atoms with van der Waals surface area (Å²) in [7, 11) is 1.29. The third kappa shape index (κ3) is 3.02. The van der Waals surface area contributed by atoms with Crippen molar-refractivity contribution in [3.63, 3.8) is 0 Å². The summed E-state index contributed by atoms with van der Waals surface area (Å²) in [6.45, 7) is 1.51. The van der Waals surface area contributed by atoms with E-state index >= 15 is 0 Å². The summed E-state index contributed by atoms with van der Waals surface area (Å²) in [5, 5.41) is 20.3. The van der Waals surface area contributed by atoms with Crippen molar-refractivity contribution in [3.8, 4) is 17.4 Å². The second-order valence-electron chi connectivity index (χ2n) is 5.82. The summed E-state index contributed by atoms with van der Waals surface area (Å²) in [5.74, 6) is -0.674. The monoisotopic (exact) mass is 363 g/mol. The molecule has 0 saturated heterocycles. The van der Waals surface area contributed by atoms with Gasteiger partial charge >= 0.3 is 0 Å². The van der Waals surface area contributed by atoms with Crippen molar-refractivity contribution in [2.45, 2.75) is 6.92 Å². The van der Waals surface area contributed by atoms with Crippen LogP contribution in [-0.4, -0.2) is 28.7 Å². The highest BCUT2D eigenvalue weighted by atomic mass is 16.6. The first-order valence-electron chi connectivity index (χ1n) is 7.84. The van der Waals surface area contributed by atoms with Gasteiger partial charge in [-0.3, -0.25) is 24.6 Å². The number of amides is 2. The molecule has 1 aliphatic heterocycles. The summed E-state index contributed by atoms with van der Waals surface area (Å²) < 4.78 is 5.65. The van der Waals surface area contributed by atoms with Crippen molar-refractivity contribution in [2.24, 2.45) is 0 Å². The minimum Gasteiger partial charge on any atom is -0.456 e. The van der Waals surface area contributed by atoms with Gasteiger partial charge in [-0.1, -0.05) is 12.1 Å². The lowest BCUT2D eigenvalue weighted by molar-refractivity contribution is -0.384. The third-order valence-electron chi connectivity index (χ3n) is 4.22. The molecular weight excluding hydrogens is 350 g/mol. The van der Waals surface area contributed by atoms with Crippen LogP contribution in [-0.2, 0) is 9.59 Å². The molecule has 0 atom stereocenters. The molecule has 1 aliphatic rings. The molecule has 8 heteroatoms. The van der Waals surface area contributed by atoms with Gasteiger partial charge in [-0.25, -0.2) is 0 Å². The molecule has 2 amide bonds. The van der Waals surface area contributed by atoms with Gasteiger partial charge in [0.15, 0.2) is 0 Å². The average molecular weight is 363 g/mol. The summed E-state index contributed by atoms with van der Waals surface area (Å²) >= 11 is 0. The minimum absolute atomic E-state index is 0.104. The Morgan fingerprint density at radius 1 is 1.19 bits per heavy atom. The van der Waals surface area contributed by atoms with Crippen LogP contribution in [0.5, 0.6) is 0 Å². The Morgan fingerprint density at radius 3 is 2.56 bits per heavy atom. The van der Waals surface area contributed by atoms with E-state index in [0.29, 0.717) is 5.56 Å². The number of para-hydroxylation sites is 1. The second-order valence-corrected chi connectivity index (χ2v) is 5.82. The maximum atomic E-state index is 12.4. The Morgan fingerprint density at radius 2 is 1.89 bits per heavy atom. The number of rotatable bonds is 3. The molecule has 0 bridgehead atoms. The number of nitro groups is 1. The van der Waals surface area contributed by atoms with Crippen LogP contribution in [0.2, 0.25) is 0 Å². The largest absolute Gasteiger partial charge is 0.456 e. The number of benzene rings is 1. The van der Waals surface area contributed by atoms with E-state index in [1.807, 2.05) is 6.07 Å². The van der Waals surface area contributed by atoms with E-state index in [1.165, 1.54) is 26.1 Å². The third-order valence-corrected chi connectivity index (χ3v) is 4.22. The van der Waals surface area contributed by atoms with E-state index in [1.54, 1.807) is 30.3 Å². The highest BCUT2D eigenvalue weighted by Crippen LogP contribution is 2.32. The van der Waals surface area contributed by atoms with Gasteiger partial charge in [0.2, 0.25) is 0 Å². The van der Waals surface area contributed by atoms with E-state index in [2.05, 4.69) is 0 Å². The zero-order valence-corrected chi connectivity index (χ0v) is 14.4. The summed E-state index contributed by atoms with van der Waals surface area (Å²) in [6.07, 6.45) is 1.41. The van der Waals surface area contributed by atoms with Crippen LogP contribution in [0.15, 0.2) is 57.5 Å². The van der Waals surface area contributed by atoms with Gasteiger partial charge in [0.1, 0.15) is 23.2 Å². The molecule has 0 fully saturated rings. The summed E-state index contributed by atoms with van der Waals surface area (Å²) in [4.78, 5) is 35.9. The zero-order chi connectivity index (χ0) is 19.7. The summed E-state index contributed by atoms with van der Waals surface area (Å²) in [6, 6.07) is 11.1. The van der Waals surface area contributed by atoms with Crippen molar-refractivity contribution >= 4 is 23.6 Å². The molecule has 0 spiro atoms. The standard InChI is InChI=1S/C19H13N3O5/c1-11-14(18(23)21(2)19(24)15(11)10-20)9-12-7-8-17(27-12)13-5-3-4-6-16(13)22(25)26/h3-9H,1-2H3/b14-9+. The Kier molecular flexibility index (Phi) is 4.44. The van der Waals surface area contributed by atoms with Crippen LogP contribution in [0, 0.1) is 21.4 Å².